The molecular formula is C18H19NO3. The highest BCUT2D eigenvalue weighted by molar-refractivity contribution is 5.81. The van der Waals surface area contributed by atoms with Crippen LogP contribution in [0.15, 0.2) is 48.5 Å². The second-order valence-electron chi connectivity index (χ2n) is 5.32. The van der Waals surface area contributed by atoms with Crippen molar-refractivity contribution >= 4 is 6.09 Å². The van der Waals surface area contributed by atoms with Crippen LogP contribution in [0.1, 0.15) is 23.6 Å². The molecule has 0 bridgehead atoms. The van der Waals surface area contributed by atoms with Crippen molar-refractivity contribution in [3.05, 3.63) is 59.7 Å². The molecule has 0 aliphatic heterocycles. The van der Waals surface area contributed by atoms with E-state index in [4.69, 9.17) is 9.84 Å². The van der Waals surface area contributed by atoms with Crippen molar-refractivity contribution in [3.8, 4) is 11.1 Å². The Balaban J connectivity index is 2.09. The molecule has 1 aliphatic rings. The van der Waals surface area contributed by atoms with E-state index in [2.05, 4.69) is 24.3 Å². The maximum absolute atomic E-state index is 12.2. The van der Waals surface area contributed by atoms with Crippen LogP contribution >= 0.6 is 0 Å². The van der Waals surface area contributed by atoms with Gasteiger partial charge in [-0.3, -0.25) is 4.90 Å². The minimum Gasteiger partial charge on any atom is -0.453 e. The number of benzene rings is 2. The third-order valence-corrected chi connectivity index (χ3v) is 4.08. The van der Waals surface area contributed by atoms with Crippen molar-refractivity contribution in [2.75, 3.05) is 20.3 Å². The highest BCUT2D eigenvalue weighted by Crippen LogP contribution is 2.46. The Morgan fingerprint density at radius 1 is 1.09 bits per heavy atom. The van der Waals surface area contributed by atoms with Gasteiger partial charge in [0.05, 0.1) is 13.2 Å². The number of fused-ring (bicyclic) bond motifs is 3. The van der Waals surface area contributed by atoms with Crippen molar-refractivity contribution in [3.63, 3.8) is 0 Å². The summed E-state index contributed by atoms with van der Waals surface area (Å²) in [6.45, 7) is 0.500. The molecule has 1 aliphatic carbocycles. The van der Waals surface area contributed by atoms with Gasteiger partial charge in [0, 0.05) is 13.2 Å². The lowest BCUT2D eigenvalue weighted by molar-refractivity contribution is 0.108. The zero-order chi connectivity index (χ0) is 15.5. The Morgan fingerprint density at radius 2 is 1.64 bits per heavy atom. The highest BCUT2D eigenvalue weighted by atomic mass is 16.5. The standard InChI is InChI=1S/C18H19NO3/c1-22-18(21)19(11-6-12-20)17-15-9-4-2-7-13(15)14-8-3-5-10-16(14)17/h2-5,7-10,17,20H,6,11-12H2,1H3. The number of carbonyl (C=O) groups excluding carboxylic acids is 1. The lowest BCUT2D eigenvalue weighted by atomic mass is 10.0. The van der Waals surface area contributed by atoms with Gasteiger partial charge in [0.1, 0.15) is 0 Å². The summed E-state index contributed by atoms with van der Waals surface area (Å²) < 4.78 is 4.96. The Bertz CT molecular complexity index is 638. The smallest absolute Gasteiger partial charge is 0.410 e. The molecule has 3 rings (SSSR count). The van der Waals surface area contributed by atoms with Crippen LogP contribution in [0.3, 0.4) is 0 Å². The summed E-state index contributed by atoms with van der Waals surface area (Å²) >= 11 is 0. The number of methoxy groups -OCH3 is 1. The summed E-state index contributed by atoms with van der Waals surface area (Å²) in [5.41, 5.74) is 4.51. The van der Waals surface area contributed by atoms with Crippen LogP contribution < -0.4 is 0 Å². The summed E-state index contributed by atoms with van der Waals surface area (Å²) in [5, 5.41) is 9.12. The second-order valence-corrected chi connectivity index (χ2v) is 5.32. The predicted octanol–water partition coefficient (Wildman–Crippen LogP) is 3.21. The molecule has 0 heterocycles. The first-order chi connectivity index (χ1) is 10.8. The zero-order valence-corrected chi connectivity index (χ0v) is 12.5. The minimum absolute atomic E-state index is 0.0451. The minimum atomic E-state index is -0.370. The van der Waals surface area contributed by atoms with Crippen LogP contribution in [0.5, 0.6) is 0 Å². The van der Waals surface area contributed by atoms with E-state index in [1.165, 1.54) is 7.11 Å². The van der Waals surface area contributed by atoms with E-state index in [0.29, 0.717) is 13.0 Å². The van der Waals surface area contributed by atoms with Gasteiger partial charge in [-0.1, -0.05) is 48.5 Å². The average molecular weight is 297 g/mol. The number of carbonyl (C=O) groups is 1. The van der Waals surface area contributed by atoms with Gasteiger partial charge in [-0.05, 0) is 28.7 Å². The molecule has 0 unspecified atom stereocenters. The predicted molar refractivity (Wildman–Crippen MR) is 84.5 cm³/mol. The Morgan fingerprint density at radius 3 is 2.14 bits per heavy atom. The summed E-state index contributed by atoms with van der Waals surface area (Å²) in [7, 11) is 1.39. The number of rotatable bonds is 4. The quantitative estimate of drug-likeness (QED) is 0.942. The van der Waals surface area contributed by atoms with Gasteiger partial charge in [-0.2, -0.15) is 0 Å². The SMILES string of the molecule is COC(=O)N(CCCO)C1c2ccccc2-c2ccccc21. The first kappa shape index (κ1) is 14.6. The first-order valence-corrected chi connectivity index (χ1v) is 7.41. The van der Waals surface area contributed by atoms with E-state index in [-0.39, 0.29) is 18.7 Å². The lowest BCUT2D eigenvalue weighted by Crippen LogP contribution is -2.35. The molecule has 0 saturated heterocycles. The normalized spacial score (nSPS) is 12.6. The van der Waals surface area contributed by atoms with Gasteiger partial charge in [-0.15, -0.1) is 0 Å². The van der Waals surface area contributed by atoms with E-state index in [9.17, 15) is 4.79 Å². The van der Waals surface area contributed by atoms with Gasteiger partial charge >= 0.3 is 6.09 Å². The molecule has 4 heteroatoms. The van der Waals surface area contributed by atoms with E-state index in [0.717, 1.165) is 22.3 Å². The monoisotopic (exact) mass is 297 g/mol. The molecule has 0 radical (unpaired) electrons. The summed E-state index contributed by atoms with van der Waals surface area (Å²) in [4.78, 5) is 13.9. The third kappa shape index (κ3) is 2.35. The number of hydrogen-bond donors (Lipinski definition) is 1. The highest BCUT2D eigenvalue weighted by Gasteiger charge is 2.35. The molecule has 114 valence electrons. The average Bonchev–Trinajstić information content (AvgIpc) is 2.90. The van der Waals surface area contributed by atoms with Crippen molar-refractivity contribution < 1.29 is 14.6 Å². The second kappa shape index (κ2) is 6.20. The Kier molecular flexibility index (Phi) is 4.11. The van der Waals surface area contributed by atoms with Crippen LogP contribution in [-0.2, 0) is 4.74 Å². The maximum atomic E-state index is 12.2. The van der Waals surface area contributed by atoms with Gasteiger partial charge in [0.15, 0.2) is 0 Å². The number of nitrogens with zero attached hydrogens (tertiary/aromatic N) is 1. The molecule has 0 saturated carbocycles. The van der Waals surface area contributed by atoms with Crippen LogP contribution in [0.2, 0.25) is 0 Å². The third-order valence-electron chi connectivity index (χ3n) is 4.08. The number of amides is 1. The fourth-order valence-corrected chi connectivity index (χ4v) is 3.15. The van der Waals surface area contributed by atoms with E-state index in [1.54, 1.807) is 4.90 Å². The Hall–Kier alpha value is -2.33. The van der Waals surface area contributed by atoms with Crippen LogP contribution in [0.25, 0.3) is 11.1 Å². The van der Waals surface area contributed by atoms with Crippen LogP contribution in [-0.4, -0.2) is 36.4 Å². The van der Waals surface area contributed by atoms with Crippen molar-refractivity contribution in [2.24, 2.45) is 0 Å². The summed E-state index contributed by atoms with van der Waals surface area (Å²) in [6, 6.07) is 16.1. The van der Waals surface area contributed by atoms with Crippen molar-refractivity contribution in [1.29, 1.82) is 0 Å². The molecule has 2 aromatic rings. The molecule has 0 spiro atoms. The van der Waals surface area contributed by atoms with Crippen molar-refractivity contribution in [1.82, 2.24) is 4.90 Å². The molecule has 0 aromatic heterocycles. The lowest BCUT2D eigenvalue weighted by Gasteiger charge is -2.29. The number of hydrogen-bond acceptors (Lipinski definition) is 3. The molecule has 2 aromatic carbocycles. The fourth-order valence-electron chi connectivity index (χ4n) is 3.15. The number of aliphatic hydroxyl groups excluding tert-OH is 1. The van der Waals surface area contributed by atoms with Gasteiger partial charge in [0.25, 0.3) is 0 Å². The molecule has 22 heavy (non-hydrogen) atoms. The first-order valence-electron chi connectivity index (χ1n) is 7.41. The van der Waals surface area contributed by atoms with E-state index in [1.807, 2.05) is 24.3 Å². The van der Waals surface area contributed by atoms with E-state index >= 15 is 0 Å². The van der Waals surface area contributed by atoms with Crippen LogP contribution in [0, 0.1) is 0 Å². The molecular weight excluding hydrogens is 278 g/mol. The Labute approximate surface area is 130 Å². The number of ether oxygens (including phenoxy) is 1. The number of aliphatic hydroxyl groups is 1. The fraction of sp³-hybridized carbons (Fsp3) is 0.278. The van der Waals surface area contributed by atoms with Gasteiger partial charge in [-0.25, -0.2) is 4.79 Å². The summed E-state index contributed by atoms with van der Waals surface area (Å²) in [5.74, 6) is 0. The molecule has 4 nitrogen and oxygen atoms in total. The van der Waals surface area contributed by atoms with Crippen LogP contribution in [0.4, 0.5) is 4.79 Å². The van der Waals surface area contributed by atoms with E-state index < -0.39 is 0 Å². The molecule has 1 amide bonds. The topological polar surface area (TPSA) is 49.8 Å². The molecule has 0 atom stereocenters. The van der Waals surface area contributed by atoms with Gasteiger partial charge in [0.2, 0.25) is 0 Å². The summed E-state index contributed by atoms with van der Waals surface area (Å²) in [6.07, 6.45) is 0.153. The molecule has 1 N–H and O–H groups in total. The largest absolute Gasteiger partial charge is 0.453 e. The maximum Gasteiger partial charge on any atom is 0.410 e. The van der Waals surface area contributed by atoms with Crippen molar-refractivity contribution in [2.45, 2.75) is 12.5 Å². The van der Waals surface area contributed by atoms with Gasteiger partial charge < -0.3 is 9.84 Å². The zero-order valence-electron chi connectivity index (χ0n) is 12.5. The molecule has 0 fully saturated rings.